The molecule has 0 fully saturated rings. The van der Waals surface area contributed by atoms with Crippen LogP contribution in [0.2, 0.25) is 0 Å². The van der Waals surface area contributed by atoms with E-state index in [2.05, 4.69) is 20.7 Å². The van der Waals surface area contributed by atoms with E-state index in [4.69, 9.17) is 5.73 Å². The van der Waals surface area contributed by atoms with Crippen molar-refractivity contribution in [3.63, 3.8) is 0 Å². The number of benzene rings is 1. The van der Waals surface area contributed by atoms with E-state index in [1.807, 2.05) is 0 Å². The zero-order valence-corrected chi connectivity index (χ0v) is 13.7. The minimum Gasteiger partial charge on any atom is -0.326 e. The van der Waals surface area contributed by atoms with E-state index in [9.17, 15) is 18.5 Å². The SMILES string of the molecule is NCc1ccc(S(=O)(=O)Nc2ccc([N+](=O)[O-])cc2Br)s1. The Kier molecular flexibility index (Phi) is 4.61. The van der Waals surface area contributed by atoms with Crippen molar-refractivity contribution in [2.75, 3.05) is 4.72 Å². The molecule has 1 aromatic carbocycles. The summed E-state index contributed by atoms with van der Waals surface area (Å²) in [6.45, 7) is 0.265. The number of sulfonamides is 1. The molecule has 7 nitrogen and oxygen atoms in total. The molecule has 112 valence electrons. The fourth-order valence-corrected chi connectivity index (χ4v) is 4.42. The summed E-state index contributed by atoms with van der Waals surface area (Å²) in [7, 11) is -3.75. The van der Waals surface area contributed by atoms with Gasteiger partial charge in [-0.2, -0.15) is 0 Å². The van der Waals surface area contributed by atoms with Crippen molar-refractivity contribution in [1.82, 2.24) is 0 Å². The van der Waals surface area contributed by atoms with Crippen molar-refractivity contribution >= 4 is 48.7 Å². The van der Waals surface area contributed by atoms with Gasteiger partial charge >= 0.3 is 0 Å². The van der Waals surface area contributed by atoms with Crippen LogP contribution in [0.25, 0.3) is 0 Å². The molecule has 3 N–H and O–H groups in total. The van der Waals surface area contributed by atoms with Gasteiger partial charge in [0.25, 0.3) is 15.7 Å². The monoisotopic (exact) mass is 391 g/mol. The van der Waals surface area contributed by atoms with Crippen molar-refractivity contribution in [2.45, 2.75) is 10.8 Å². The molecule has 10 heteroatoms. The molecule has 0 saturated carbocycles. The minimum atomic E-state index is -3.75. The van der Waals surface area contributed by atoms with Crippen molar-refractivity contribution in [3.8, 4) is 0 Å². The van der Waals surface area contributed by atoms with Crippen LogP contribution in [-0.2, 0) is 16.6 Å². The lowest BCUT2D eigenvalue weighted by Crippen LogP contribution is -2.11. The maximum atomic E-state index is 12.2. The van der Waals surface area contributed by atoms with Crippen molar-refractivity contribution in [1.29, 1.82) is 0 Å². The Balaban J connectivity index is 2.30. The van der Waals surface area contributed by atoms with Gasteiger partial charge in [-0.3, -0.25) is 14.8 Å². The molecule has 0 saturated heterocycles. The maximum absolute atomic E-state index is 12.2. The molecule has 0 unspecified atom stereocenters. The molecule has 2 rings (SSSR count). The fraction of sp³-hybridized carbons (Fsp3) is 0.0909. The Bertz CT molecular complexity index is 789. The van der Waals surface area contributed by atoms with Crippen molar-refractivity contribution in [3.05, 3.63) is 49.8 Å². The second-order valence-electron chi connectivity index (χ2n) is 3.95. The zero-order valence-electron chi connectivity index (χ0n) is 10.4. The van der Waals surface area contributed by atoms with Crippen LogP contribution in [0, 0.1) is 10.1 Å². The third kappa shape index (κ3) is 3.59. The first-order chi connectivity index (χ1) is 9.83. The highest BCUT2D eigenvalue weighted by Crippen LogP contribution is 2.30. The van der Waals surface area contributed by atoms with Crippen LogP contribution < -0.4 is 10.5 Å². The van der Waals surface area contributed by atoms with Gasteiger partial charge in [0, 0.05) is 28.0 Å². The highest BCUT2D eigenvalue weighted by molar-refractivity contribution is 9.10. The second kappa shape index (κ2) is 6.10. The number of nitrogens with one attached hydrogen (secondary N) is 1. The van der Waals surface area contributed by atoms with Crippen LogP contribution in [0.5, 0.6) is 0 Å². The molecule has 0 amide bonds. The Hall–Kier alpha value is -1.49. The molecule has 0 radical (unpaired) electrons. The second-order valence-corrected chi connectivity index (χ2v) is 7.88. The molecule has 21 heavy (non-hydrogen) atoms. The molecule has 0 spiro atoms. The number of nitro benzene ring substituents is 1. The van der Waals surface area contributed by atoms with Gasteiger partial charge in [-0.15, -0.1) is 11.3 Å². The van der Waals surface area contributed by atoms with Gasteiger partial charge in [0.1, 0.15) is 4.21 Å². The first-order valence-electron chi connectivity index (χ1n) is 5.59. The van der Waals surface area contributed by atoms with Crippen molar-refractivity contribution < 1.29 is 13.3 Å². The molecule has 0 bridgehead atoms. The molecule has 0 aliphatic heterocycles. The Morgan fingerprint density at radius 1 is 1.33 bits per heavy atom. The molecule has 0 aliphatic carbocycles. The van der Waals surface area contributed by atoms with E-state index in [0.717, 1.165) is 16.2 Å². The summed E-state index contributed by atoms with van der Waals surface area (Å²) in [5.41, 5.74) is 5.54. The van der Waals surface area contributed by atoms with Crippen LogP contribution >= 0.6 is 27.3 Å². The Labute approximate surface area is 133 Å². The number of thiophene rings is 1. The number of hydrogen-bond donors (Lipinski definition) is 2. The molecular formula is C11H10BrN3O4S2. The van der Waals surface area contributed by atoms with Crippen LogP contribution in [0.4, 0.5) is 11.4 Å². The summed E-state index contributed by atoms with van der Waals surface area (Å²) in [6, 6.07) is 6.90. The van der Waals surface area contributed by atoms with E-state index in [0.29, 0.717) is 0 Å². The highest BCUT2D eigenvalue weighted by atomic mass is 79.9. The minimum absolute atomic E-state index is 0.133. The number of halogens is 1. The van der Waals surface area contributed by atoms with Crippen molar-refractivity contribution in [2.24, 2.45) is 5.73 Å². The van der Waals surface area contributed by atoms with E-state index >= 15 is 0 Å². The quantitative estimate of drug-likeness (QED) is 0.600. The van der Waals surface area contributed by atoms with Gasteiger partial charge in [-0.25, -0.2) is 8.42 Å². The van der Waals surface area contributed by atoms with E-state index < -0.39 is 14.9 Å². The van der Waals surface area contributed by atoms with E-state index in [1.54, 1.807) is 6.07 Å². The molecule has 0 aliphatic rings. The molecule has 0 atom stereocenters. The van der Waals surface area contributed by atoms with Gasteiger partial charge in [-0.1, -0.05) is 0 Å². The standard InChI is InChI=1S/C11H10BrN3O4S2/c12-9-5-7(15(16)17)1-3-10(9)14-21(18,19)11-4-2-8(6-13)20-11/h1-5,14H,6,13H2. The Morgan fingerprint density at radius 3 is 2.57 bits per heavy atom. The van der Waals surface area contributed by atoms with Gasteiger partial charge in [0.15, 0.2) is 0 Å². The lowest BCUT2D eigenvalue weighted by molar-refractivity contribution is -0.384. The zero-order chi connectivity index (χ0) is 15.6. The number of hydrogen-bond acceptors (Lipinski definition) is 6. The Morgan fingerprint density at radius 2 is 2.05 bits per heavy atom. The number of nitrogens with two attached hydrogens (primary N) is 1. The summed E-state index contributed by atoms with van der Waals surface area (Å²) in [5, 5.41) is 10.6. The van der Waals surface area contributed by atoms with E-state index in [-0.39, 0.29) is 26.6 Å². The third-order valence-electron chi connectivity index (χ3n) is 2.51. The van der Waals surface area contributed by atoms with Crippen LogP contribution in [0.1, 0.15) is 4.88 Å². The van der Waals surface area contributed by atoms with Crippen LogP contribution in [-0.4, -0.2) is 13.3 Å². The van der Waals surface area contributed by atoms with Gasteiger partial charge in [0.05, 0.1) is 10.6 Å². The predicted molar refractivity (Wildman–Crippen MR) is 83.8 cm³/mol. The smallest absolute Gasteiger partial charge is 0.271 e. The van der Waals surface area contributed by atoms with Gasteiger partial charge in [0.2, 0.25) is 0 Å². The molecule has 1 heterocycles. The summed E-state index contributed by atoms with van der Waals surface area (Å²) >= 11 is 4.19. The number of rotatable bonds is 5. The molecule has 1 aromatic heterocycles. The normalized spacial score (nSPS) is 11.3. The van der Waals surface area contributed by atoms with Crippen LogP contribution in [0.3, 0.4) is 0 Å². The van der Waals surface area contributed by atoms with Gasteiger partial charge < -0.3 is 5.73 Å². The summed E-state index contributed by atoms with van der Waals surface area (Å²) in [4.78, 5) is 10.8. The topological polar surface area (TPSA) is 115 Å². The average molecular weight is 392 g/mol. The lowest BCUT2D eigenvalue weighted by Gasteiger charge is -2.08. The number of nitro groups is 1. The molecular weight excluding hydrogens is 382 g/mol. The maximum Gasteiger partial charge on any atom is 0.271 e. The number of anilines is 1. The number of non-ortho nitro benzene ring substituents is 1. The fourth-order valence-electron chi connectivity index (χ4n) is 1.51. The summed E-state index contributed by atoms with van der Waals surface area (Å²) in [5.74, 6) is 0. The van der Waals surface area contributed by atoms with Crippen LogP contribution in [0.15, 0.2) is 39.0 Å². The lowest BCUT2D eigenvalue weighted by atomic mass is 10.3. The third-order valence-corrected chi connectivity index (χ3v) is 6.13. The first-order valence-corrected chi connectivity index (χ1v) is 8.68. The first kappa shape index (κ1) is 15.9. The predicted octanol–water partition coefficient (Wildman–Crippen LogP) is 2.68. The largest absolute Gasteiger partial charge is 0.326 e. The van der Waals surface area contributed by atoms with Gasteiger partial charge in [-0.05, 0) is 34.1 Å². The number of nitrogens with zero attached hydrogens (tertiary/aromatic N) is 1. The molecule has 2 aromatic rings. The van der Waals surface area contributed by atoms with E-state index in [1.165, 1.54) is 24.3 Å². The average Bonchev–Trinajstić information content (AvgIpc) is 2.90. The summed E-state index contributed by atoms with van der Waals surface area (Å²) in [6.07, 6.45) is 0. The highest BCUT2D eigenvalue weighted by Gasteiger charge is 2.19. The summed E-state index contributed by atoms with van der Waals surface area (Å²) < 4.78 is 27.2.